The van der Waals surface area contributed by atoms with Crippen molar-refractivity contribution in [2.45, 2.75) is 25.6 Å². The minimum Gasteiger partial charge on any atom is -0.504 e. The monoisotopic (exact) mass is 299 g/mol. The number of ether oxygens (including phenoxy) is 1. The van der Waals surface area contributed by atoms with Gasteiger partial charge in [0.05, 0.1) is 6.42 Å². The number of carbonyl (C=O) groups excluding carboxylic acids is 1. The Morgan fingerprint density at radius 2 is 2.05 bits per heavy atom. The number of hydrogen-bond acceptors (Lipinski definition) is 4. The van der Waals surface area contributed by atoms with Gasteiger partial charge in [-0.05, 0) is 17.7 Å². The maximum absolute atomic E-state index is 12.1. The van der Waals surface area contributed by atoms with Gasteiger partial charge in [0, 0.05) is 13.0 Å². The van der Waals surface area contributed by atoms with Crippen molar-refractivity contribution < 1.29 is 27.8 Å². The first-order chi connectivity index (χ1) is 8.19. The average Bonchev–Trinajstić information content (AvgIpc) is 2.17. The lowest BCUT2D eigenvalue weighted by molar-refractivity contribution is -0.138. The molecule has 8 heteroatoms. The van der Waals surface area contributed by atoms with Crippen molar-refractivity contribution in [1.29, 1.82) is 0 Å². The van der Waals surface area contributed by atoms with Crippen LogP contribution in [0.1, 0.15) is 24.9 Å². The highest BCUT2D eigenvalue weighted by molar-refractivity contribution is 5.85. The molecule has 0 saturated heterocycles. The van der Waals surface area contributed by atoms with Crippen molar-refractivity contribution in [3.8, 4) is 11.5 Å². The fourth-order valence-electron chi connectivity index (χ4n) is 1.37. The molecule has 1 rings (SSSR count). The Balaban J connectivity index is 0.00000324. The molecule has 0 aliphatic heterocycles. The molecule has 3 N–H and O–H groups in total. The Labute approximate surface area is 113 Å². The van der Waals surface area contributed by atoms with Gasteiger partial charge in [0.15, 0.2) is 11.5 Å². The second kappa shape index (κ2) is 6.63. The zero-order valence-corrected chi connectivity index (χ0v) is 10.7. The smallest absolute Gasteiger partial charge is 0.390 e. The number of nitrogens with two attached hydrogens (primary N) is 1. The molecule has 1 aromatic rings. The molecule has 0 aromatic heterocycles. The lowest BCUT2D eigenvalue weighted by Gasteiger charge is -2.15. The predicted molar refractivity (Wildman–Crippen MR) is 64.3 cm³/mol. The summed E-state index contributed by atoms with van der Waals surface area (Å²) in [6.45, 7) is 1.14. The minimum atomic E-state index is -4.39. The van der Waals surface area contributed by atoms with Gasteiger partial charge in [-0.3, -0.25) is 4.79 Å². The lowest BCUT2D eigenvalue weighted by Crippen LogP contribution is -2.20. The highest BCUT2D eigenvalue weighted by atomic mass is 35.5. The second-order valence-electron chi connectivity index (χ2n) is 3.75. The lowest BCUT2D eigenvalue weighted by atomic mass is 10.0. The van der Waals surface area contributed by atoms with E-state index in [1.165, 1.54) is 12.1 Å². The van der Waals surface area contributed by atoms with Gasteiger partial charge in [0.2, 0.25) is 0 Å². The van der Waals surface area contributed by atoms with E-state index in [-0.39, 0.29) is 23.7 Å². The minimum absolute atomic E-state index is 0. The first-order valence-electron chi connectivity index (χ1n) is 5.02. The van der Waals surface area contributed by atoms with E-state index in [1.54, 1.807) is 0 Å². The molecular weight excluding hydrogens is 287 g/mol. The quantitative estimate of drug-likeness (QED) is 0.665. The molecule has 0 amide bonds. The molecule has 108 valence electrons. The van der Waals surface area contributed by atoms with E-state index < -0.39 is 30.4 Å². The van der Waals surface area contributed by atoms with Crippen LogP contribution in [0.2, 0.25) is 0 Å². The summed E-state index contributed by atoms with van der Waals surface area (Å²) in [7, 11) is 0. The number of phenolic OH excluding ortho intramolecular Hbond substituents is 1. The Kier molecular flexibility index (Phi) is 6.11. The molecular formula is C11H13ClF3NO3. The van der Waals surface area contributed by atoms with Gasteiger partial charge >= 0.3 is 12.1 Å². The van der Waals surface area contributed by atoms with Crippen molar-refractivity contribution in [3.05, 3.63) is 23.8 Å². The highest BCUT2D eigenvalue weighted by Gasteiger charge is 2.31. The van der Waals surface area contributed by atoms with Crippen molar-refractivity contribution >= 4 is 18.4 Å². The van der Waals surface area contributed by atoms with E-state index in [9.17, 15) is 23.1 Å². The Bertz CT molecular complexity index is 451. The van der Waals surface area contributed by atoms with Crippen LogP contribution in [0.3, 0.4) is 0 Å². The third kappa shape index (κ3) is 5.80. The summed E-state index contributed by atoms with van der Waals surface area (Å²) >= 11 is 0. The van der Waals surface area contributed by atoms with Crippen molar-refractivity contribution in [1.82, 2.24) is 0 Å². The summed E-state index contributed by atoms with van der Waals surface area (Å²) in [5, 5.41) is 9.47. The number of carbonyl (C=O) groups is 1. The number of benzene rings is 1. The summed E-state index contributed by atoms with van der Waals surface area (Å²) in [5.74, 6) is -1.19. The van der Waals surface area contributed by atoms with E-state index in [0.29, 0.717) is 0 Å². The summed E-state index contributed by atoms with van der Waals surface area (Å²) in [6.07, 6.45) is -5.58. The van der Waals surface area contributed by atoms with Gasteiger partial charge < -0.3 is 15.6 Å². The predicted octanol–water partition coefficient (Wildman–Crippen LogP) is 2.69. The first kappa shape index (κ1) is 17.5. The Hall–Kier alpha value is -1.47. The zero-order chi connectivity index (χ0) is 13.9. The van der Waals surface area contributed by atoms with Crippen LogP contribution < -0.4 is 10.5 Å². The molecule has 0 bridgehead atoms. The summed E-state index contributed by atoms with van der Waals surface area (Å²) in [4.78, 5) is 10.7. The third-order valence-electron chi connectivity index (χ3n) is 2.12. The molecule has 4 nitrogen and oxygen atoms in total. The maximum atomic E-state index is 12.1. The standard InChI is InChI=1S/C11H12F3NO3.ClH/c1-6(16)18-10-3-2-7(4-9(10)17)8(15)5-11(12,13)14;/h2-4,8,17H,5,15H2,1H3;1H/t8-;/m0./s1. The zero-order valence-electron chi connectivity index (χ0n) is 9.90. The third-order valence-corrected chi connectivity index (χ3v) is 2.12. The summed E-state index contributed by atoms with van der Waals surface area (Å²) in [6, 6.07) is 2.24. The van der Waals surface area contributed by atoms with Gasteiger partial charge in [-0.2, -0.15) is 13.2 Å². The molecule has 1 aromatic carbocycles. The van der Waals surface area contributed by atoms with Gasteiger partial charge in [-0.15, -0.1) is 12.4 Å². The fraction of sp³-hybridized carbons (Fsp3) is 0.364. The van der Waals surface area contributed by atoms with Crippen LogP contribution in [-0.2, 0) is 4.79 Å². The van der Waals surface area contributed by atoms with Crippen LogP contribution in [0.15, 0.2) is 18.2 Å². The van der Waals surface area contributed by atoms with Crippen molar-refractivity contribution in [3.63, 3.8) is 0 Å². The van der Waals surface area contributed by atoms with Crippen molar-refractivity contribution in [2.75, 3.05) is 0 Å². The number of hydrogen-bond donors (Lipinski definition) is 2. The number of esters is 1. The SMILES string of the molecule is CC(=O)Oc1ccc([C@@H](N)CC(F)(F)F)cc1O.Cl. The number of aromatic hydroxyl groups is 1. The van der Waals surface area contributed by atoms with Crippen LogP contribution in [0.4, 0.5) is 13.2 Å². The van der Waals surface area contributed by atoms with Gasteiger partial charge in [0.25, 0.3) is 0 Å². The van der Waals surface area contributed by atoms with Gasteiger partial charge in [0.1, 0.15) is 0 Å². The van der Waals surface area contributed by atoms with Crippen LogP contribution >= 0.6 is 12.4 Å². The van der Waals surface area contributed by atoms with Gasteiger partial charge in [-0.25, -0.2) is 0 Å². The number of alkyl halides is 3. The number of rotatable bonds is 3. The van der Waals surface area contributed by atoms with Crippen LogP contribution in [0, 0.1) is 0 Å². The summed E-state index contributed by atoms with van der Waals surface area (Å²) < 4.78 is 41.0. The first-order valence-corrected chi connectivity index (χ1v) is 5.02. The molecule has 0 aliphatic rings. The second-order valence-corrected chi connectivity index (χ2v) is 3.75. The molecule has 19 heavy (non-hydrogen) atoms. The molecule has 0 heterocycles. The normalized spacial score (nSPS) is 12.5. The van der Waals surface area contributed by atoms with Crippen LogP contribution in [0.5, 0.6) is 11.5 Å². The molecule has 0 aliphatic carbocycles. The molecule has 0 radical (unpaired) electrons. The average molecular weight is 300 g/mol. The van der Waals surface area contributed by atoms with E-state index in [2.05, 4.69) is 4.74 Å². The highest BCUT2D eigenvalue weighted by Crippen LogP contribution is 2.33. The molecule has 0 fully saturated rings. The largest absolute Gasteiger partial charge is 0.504 e. The van der Waals surface area contributed by atoms with E-state index in [1.807, 2.05) is 0 Å². The van der Waals surface area contributed by atoms with E-state index in [0.717, 1.165) is 13.0 Å². The molecule has 0 unspecified atom stereocenters. The van der Waals surface area contributed by atoms with Crippen LogP contribution in [0.25, 0.3) is 0 Å². The maximum Gasteiger partial charge on any atom is 0.390 e. The Morgan fingerprint density at radius 1 is 1.47 bits per heavy atom. The van der Waals surface area contributed by atoms with E-state index in [4.69, 9.17) is 5.73 Å². The molecule has 0 saturated carbocycles. The fourth-order valence-corrected chi connectivity index (χ4v) is 1.37. The van der Waals surface area contributed by atoms with E-state index >= 15 is 0 Å². The Morgan fingerprint density at radius 3 is 2.47 bits per heavy atom. The molecule has 1 atom stereocenters. The number of halogens is 4. The topological polar surface area (TPSA) is 72.5 Å². The molecule has 0 spiro atoms. The van der Waals surface area contributed by atoms with Crippen LogP contribution in [-0.4, -0.2) is 17.3 Å². The summed E-state index contributed by atoms with van der Waals surface area (Å²) in [5.41, 5.74) is 5.47. The van der Waals surface area contributed by atoms with Gasteiger partial charge in [-0.1, -0.05) is 6.07 Å². The van der Waals surface area contributed by atoms with Crippen molar-refractivity contribution in [2.24, 2.45) is 5.73 Å². The number of phenols is 1.